The molecule has 1 saturated carbocycles. The highest BCUT2D eigenvalue weighted by Gasteiger charge is 2.34. The van der Waals surface area contributed by atoms with Crippen molar-refractivity contribution in [3.05, 3.63) is 82.6 Å². The lowest BCUT2D eigenvalue weighted by molar-refractivity contribution is -0.127. The summed E-state index contributed by atoms with van der Waals surface area (Å²) in [6, 6.07) is 11.2. The summed E-state index contributed by atoms with van der Waals surface area (Å²) in [5, 5.41) is 7.47. The zero-order valence-corrected chi connectivity index (χ0v) is 20.0. The second-order valence-corrected chi connectivity index (χ2v) is 9.38. The molecule has 1 atom stereocenters. The van der Waals surface area contributed by atoms with E-state index >= 15 is 0 Å². The van der Waals surface area contributed by atoms with Crippen LogP contribution in [0.2, 0.25) is 0 Å². The Balaban J connectivity index is 1.66. The molecule has 0 aliphatic heterocycles. The molecule has 0 radical (unpaired) electrons. The molecular weight excluding hydrogens is 467 g/mol. The molecule has 35 heavy (non-hydrogen) atoms. The summed E-state index contributed by atoms with van der Waals surface area (Å²) < 4.78 is 14.2. The standard InChI is InChI=1S/C26H27FN4O3S/c27-19-8-4-11-21(15-19)31(23(32)17-29-25(33)22-12-6-14-35-22)24(18-7-5-13-28-16-18)26(34)30-20-9-2-1-3-10-20/h4-8,11-16,20,24H,1-3,9-10,17H2,(H,29,33)(H,30,34). The van der Waals surface area contributed by atoms with Gasteiger partial charge in [-0.05, 0) is 48.6 Å². The first kappa shape index (κ1) is 24.5. The monoisotopic (exact) mass is 494 g/mol. The normalized spacial score (nSPS) is 14.7. The fourth-order valence-corrected chi connectivity index (χ4v) is 4.92. The van der Waals surface area contributed by atoms with Crippen LogP contribution in [-0.4, -0.2) is 35.3 Å². The second kappa shape index (κ2) is 11.7. The minimum atomic E-state index is -1.08. The lowest BCUT2D eigenvalue weighted by Gasteiger charge is -2.33. The summed E-state index contributed by atoms with van der Waals surface area (Å²) in [7, 11) is 0. The van der Waals surface area contributed by atoms with Gasteiger partial charge in [0.15, 0.2) is 0 Å². The second-order valence-electron chi connectivity index (χ2n) is 8.44. The first-order valence-corrected chi connectivity index (χ1v) is 12.5. The highest BCUT2D eigenvalue weighted by Crippen LogP contribution is 2.29. The van der Waals surface area contributed by atoms with Crippen molar-refractivity contribution in [3.8, 4) is 0 Å². The van der Waals surface area contributed by atoms with Gasteiger partial charge in [0, 0.05) is 29.7 Å². The molecule has 7 nitrogen and oxygen atoms in total. The van der Waals surface area contributed by atoms with Crippen LogP contribution in [-0.2, 0) is 9.59 Å². The number of nitrogens with zero attached hydrogens (tertiary/aromatic N) is 2. The minimum Gasteiger partial charge on any atom is -0.351 e. The van der Waals surface area contributed by atoms with Gasteiger partial charge in [-0.1, -0.05) is 37.5 Å². The number of nitrogens with one attached hydrogen (secondary N) is 2. The van der Waals surface area contributed by atoms with Crippen LogP contribution in [0.3, 0.4) is 0 Å². The van der Waals surface area contributed by atoms with Crippen LogP contribution in [0.1, 0.15) is 53.4 Å². The predicted molar refractivity (Wildman–Crippen MR) is 133 cm³/mol. The van der Waals surface area contributed by atoms with Crippen LogP contribution in [0.15, 0.2) is 66.3 Å². The Labute approximate surface area is 207 Å². The summed E-state index contributed by atoms with van der Waals surface area (Å²) >= 11 is 1.26. The van der Waals surface area contributed by atoms with Crippen LogP contribution in [0, 0.1) is 5.82 Å². The molecule has 0 spiro atoms. The van der Waals surface area contributed by atoms with Crippen molar-refractivity contribution in [2.24, 2.45) is 0 Å². The highest BCUT2D eigenvalue weighted by atomic mass is 32.1. The van der Waals surface area contributed by atoms with E-state index in [1.165, 1.54) is 40.6 Å². The van der Waals surface area contributed by atoms with Crippen molar-refractivity contribution in [1.29, 1.82) is 0 Å². The van der Waals surface area contributed by atoms with Gasteiger partial charge in [0.1, 0.15) is 11.9 Å². The molecule has 182 valence electrons. The summed E-state index contributed by atoms with van der Waals surface area (Å²) in [6.45, 7) is -0.360. The van der Waals surface area contributed by atoms with E-state index in [9.17, 15) is 18.8 Å². The molecule has 1 unspecified atom stereocenters. The third kappa shape index (κ3) is 6.30. The van der Waals surface area contributed by atoms with E-state index < -0.39 is 23.7 Å². The number of carbonyl (C=O) groups is 3. The third-order valence-corrected chi connectivity index (χ3v) is 6.83. The van der Waals surface area contributed by atoms with Crippen LogP contribution < -0.4 is 15.5 Å². The Morgan fingerprint density at radius 3 is 2.60 bits per heavy atom. The number of hydrogen-bond donors (Lipinski definition) is 2. The molecule has 3 amide bonds. The predicted octanol–water partition coefficient (Wildman–Crippen LogP) is 4.24. The van der Waals surface area contributed by atoms with Crippen molar-refractivity contribution in [2.75, 3.05) is 11.4 Å². The van der Waals surface area contributed by atoms with Gasteiger partial charge < -0.3 is 10.6 Å². The van der Waals surface area contributed by atoms with E-state index in [2.05, 4.69) is 15.6 Å². The van der Waals surface area contributed by atoms with E-state index in [-0.39, 0.29) is 24.2 Å². The summed E-state index contributed by atoms with van der Waals surface area (Å²) in [5.74, 6) is -1.85. The number of anilines is 1. The van der Waals surface area contributed by atoms with Crippen molar-refractivity contribution in [3.63, 3.8) is 0 Å². The molecule has 1 aromatic carbocycles. The lowest BCUT2D eigenvalue weighted by Crippen LogP contribution is -2.49. The van der Waals surface area contributed by atoms with Crippen molar-refractivity contribution < 1.29 is 18.8 Å². The topological polar surface area (TPSA) is 91.4 Å². The summed E-state index contributed by atoms with van der Waals surface area (Å²) in [4.78, 5) is 45.4. The molecule has 1 fully saturated rings. The van der Waals surface area contributed by atoms with Crippen molar-refractivity contribution in [2.45, 2.75) is 44.2 Å². The molecule has 0 saturated heterocycles. The van der Waals surface area contributed by atoms with Gasteiger partial charge in [-0.25, -0.2) is 4.39 Å². The van der Waals surface area contributed by atoms with Crippen LogP contribution >= 0.6 is 11.3 Å². The number of benzene rings is 1. The number of rotatable bonds is 8. The van der Waals surface area contributed by atoms with Crippen LogP contribution in [0.5, 0.6) is 0 Å². The molecule has 9 heteroatoms. The average molecular weight is 495 g/mol. The average Bonchev–Trinajstić information content (AvgIpc) is 3.42. The fraction of sp³-hybridized carbons (Fsp3) is 0.308. The number of pyridine rings is 1. The summed E-state index contributed by atoms with van der Waals surface area (Å²) in [6.07, 6.45) is 8.04. The molecule has 3 aromatic rings. The van der Waals surface area contributed by atoms with E-state index in [4.69, 9.17) is 0 Å². The van der Waals surface area contributed by atoms with Gasteiger partial charge in [-0.15, -0.1) is 11.3 Å². The van der Waals surface area contributed by atoms with Crippen molar-refractivity contribution in [1.82, 2.24) is 15.6 Å². The minimum absolute atomic E-state index is 0.0124. The zero-order valence-electron chi connectivity index (χ0n) is 19.2. The maximum absolute atomic E-state index is 14.2. The van der Waals surface area contributed by atoms with Gasteiger partial charge in [0.05, 0.1) is 11.4 Å². The zero-order chi connectivity index (χ0) is 24.6. The number of amides is 3. The third-order valence-electron chi connectivity index (χ3n) is 5.96. The van der Waals surface area contributed by atoms with Gasteiger partial charge in [0.25, 0.3) is 5.91 Å². The van der Waals surface area contributed by atoms with Crippen molar-refractivity contribution >= 4 is 34.7 Å². The molecule has 1 aliphatic rings. The maximum Gasteiger partial charge on any atom is 0.261 e. The highest BCUT2D eigenvalue weighted by molar-refractivity contribution is 7.12. The first-order valence-electron chi connectivity index (χ1n) is 11.6. The Hall–Kier alpha value is -3.59. The number of carbonyl (C=O) groups excluding carboxylic acids is 3. The van der Waals surface area contributed by atoms with Crippen LogP contribution in [0.4, 0.5) is 10.1 Å². The molecule has 2 N–H and O–H groups in total. The maximum atomic E-state index is 14.2. The first-order chi connectivity index (χ1) is 17.0. The largest absolute Gasteiger partial charge is 0.351 e. The smallest absolute Gasteiger partial charge is 0.261 e. The number of aromatic nitrogens is 1. The lowest BCUT2D eigenvalue weighted by atomic mass is 9.94. The Morgan fingerprint density at radius 2 is 1.91 bits per heavy atom. The Kier molecular flexibility index (Phi) is 8.20. The van der Waals surface area contributed by atoms with Gasteiger partial charge in [-0.2, -0.15) is 0 Å². The number of hydrogen-bond acceptors (Lipinski definition) is 5. The quantitative estimate of drug-likeness (QED) is 0.490. The number of halogens is 1. The van der Waals surface area contributed by atoms with E-state index in [0.29, 0.717) is 10.4 Å². The molecule has 4 rings (SSSR count). The molecular formula is C26H27FN4O3S. The molecule has 1 aliphatic carbocycles. The van der Waals surface area contributed by atoms with Gasteiger partial charge >= 0.3 is 0 Å². The number of thiophene rings is 1. The van der Waals surface area contributed by atoms with Crippen LogP contribution in [0.25, 0.3) is 0 Å². The van der Waals surface area contributed by atoms with Gasteiger partial charge in [0.2, 0.25) is 11.8 Å². The van der Waals surface area contributed by atoms with E-state index in [1.807, 2.05) is 0 Å². The summed E-state index contributed by atoms with van der Waals surface area (Å²) in [5.41, 5.74) is 0.705. The van der Waals surface area contributed by atoms with E-state index in [1.54, 1.807) is 41.9 Å². The Morgan fingerprint density at radius 1 is 1.09 bits per heavy atom. The molecule has 2 aromatic heterocycles. The SMILES string of the molecule is O=C(NCC(=O)N(c1cccc(F)c1)C(C(=O)NC1CCCCC1)c1cccnc1)c1cccs1. The van der Waals surface area contributed by atoms with E-state index in [0.717, 1.165) is 32.1 Å². The fourth-order valence-electron chi connectivity index (χ4n) is 4.28. The molecule has 2 heterocycles. The Bertz CT molecular complexity index is 1150. The van der Waals surface area contributed by atoms with Gasteiger partial charge in [-0.3, -0.25) is 24.3 Å². The molecule has 0 bridgehead atoms.